The maximum atomic E-state index is 2.45. The summed E-state index contributed by atoms with van der Waals surface area (Å²) in [5.41, 5.74) is 4.17. The molecule has 16 heavy (non-hydrogen) atoms. The van der Waals surface area contributed by atoms with Crippen molar-refractivity contribution in [1.29, 1.82) is 0 Å². The number of rotatable bonds is 6. The van der Waals surface area contributed by atoms with Crippen LogP contribution in [0.15, 0.2) is 11.6 Å². The van der Waals surface area contributed by atoms with Crippen LogP contribution in [0.3, 0.4) is 0 Å². The molecular weight excluding hydrogens is 208 g/mol. The fraction of sp³-hybridized carbons (Fsp3) is 0.867. The first-order valence-electron chi connectivity index (χ1n) is 6.88. The van der Waals surface area contributed by atoms with Gasteiger partial charge in [-0.2, -0.15) is 0 Å². The first kappa shape index (κ1) is 16.0. The van der Waals surface area contributed by atoms with E-state index in [0.717, 1.165) is 16.6 Å². The van der Waals surface area contributed by atoms with E-state index in [0.29, 0.717) is 0 Å². The van der Waals surface area contributed by atoms with Crippen molar-refractivity contribution in [3.05, 3.63) is 11.6 Å². The van der Waals surface area contributed by atoms with Gasteiger partial charge < -0.3 is 0 Å². The van der Waals surface area contributed by atoms with E-state index in [1.807, 2.05) is 0 Å². The van der Waals surface area contributed by atoms with Crippen molar-refractivity contribution in [1.82, 2.24) is 0 Å². The average molecular weight is 241 g/mol. The summed E-state index contributed by atoms with van der Waals surface area (Å²) in [4.78, 5) is 0. The van der Waals surface area contributed by atoms with Crippen LogP contribution in [0.1, 0.15) is 61.8 Å². The molecule has 0 radical (unpaired) electrons. The van der Waals surface area contributed by atoms with E-state index in [-0.39, 0.29) is 0 Å². The topological polar surface area (TPSA) is 0 Å². The molecule has 96 valence electrons. The molecule has 0 bridgehead atoms. The van der Waals surface area contributed by atoms with Gasteiger partial charge in [0.05, 0.1) is 8.07 Å². The SMILES string of the molecule is CC(C)=CCC[Si](C(C)C)(C(C)C)C(C)C. The fourth-order valence-electron chi connectivity index (χ4n) is 3.48. The zero-order valence-electron chi connectivity index (χ0n) is 12.7. The maximum Gasteiger partial charge on any atom is 0.0615 e. The first-order valence-corrected chi connectivity index (χ1v) is 9.32. The molecule has 0 aromatic carbocycles. The Kier molecular flexibility index (Phi) is 6.62. The van der Waals surface area contributed by atoms with E-state index in [9.17, 15) is 0 Å². The largest absolute Gasteiger partial charge is 0.0862 e. The summed E-state index contributed by atoms with van der Waals surface area (Å²) >= 11 is 0. The molecule has 0 rings (SSSR count). The maximum absolute atomic E-state index is 2.45. The van der Waals surface area contributed by atoms with Crippen LogP contribution < -0.4 is 0 Å². The first-order chi connectivity index (χ1) is 7.25. The van der Waals surface area contributed by atoms with Crippen LogP contribution in [0.5, 0.6) is 0 Å². The number of hydrogen-bond donors (Lipinski definition) is 0. The van der Waals surface area contributed by atoms with E-state index < -0.39 is 8.07 Å². The molecular formula is C15H32Si. The van der Waals surface area contributed by atoms with Crippen molar-refractivity contribution in [2.75, 3.05) is 0 Å². The van der Waals surface area contributed by atoms with Gasteiger partial charge in [0.2, 0.25) is 0 Å². The van der Waals surface area contributed by atoms with Crippen LogP contribution >= 0.6 is 0 Å². The lowest BCUT2D eigenvalue weighted by atomic mass is 10.3. The highest BCUT2D eigenvalue weighted by Crippen LogP contribution is 2.45. The van der Waals surface area contributed by atoms with Gasteiger partial charge in [-0.05, 0) is 20.3 Å². The minimum Gasteiger partial charge on any atom is -0.0862 e. The average Bonchev–Trinajstić information content (AvgIpc) is 2.09. The summed E-state index contributed by atoms with van der Waals surface area (Å²) in [6.45, 7) is 19.1. The second-order valence-electron chi connectivity index (χ2n) is 6.40. The van der Waals surface area contributed by atoms with Gasteiger partial charge in [0.25, 0.3) is 0 Å². The molecule has 0 atom stereocenters. The zero-order valence-corrected chi connectivity index (χ0v) is 13.7. The molecule has 0 N–H and O–H groups in total. The van der Waals surface area contributed by atoms with Gasteiger partial charge in [-0.3, -0.25) is 0 Å². The molecule has 0 nitrogen and oxygen atoms in total. The summed E-state index contributed by atoms with van der Waals surface area (Å²) in [6, 6.07) is 1.46. The molecule has 0 saturated heterocycles. The van der Waals surface area contributed by atoms with E-state index in [2.05, 4.69) is 61.5 Å². The Hall–Kier alpha value is -0.0431. The van der Waals surface area contributed by atoms with Crippen LogP contribution in [-0.4, -0.2) is 8.07 Å². The van der Waals surface area contributed by atoms with Crippen molar-refractivity contribution in [2.24, 2.45) is 0 Å². The van der Waals surface area contributed by atoms with Gasteiger partial charge in [0.15, 0.2) is 0 Å². The highest BCUT2D eigenvalue weighted by atomic mass is 28.3. The summed E-state index contributed by atoms with van der Waals surface area (Å²) in [7, 11) is -1.14. The molecule has 0 aliphatic heterocycles. The van der Waals surface area contributed by atoms with E-state index >= 15 is 0 Å². The predicted octanol–water partition coefficient (Wildman–Crippen LogP) is 6.02. The third-order valence-corrected chi connectivity index (χ3v) is 12.0. The quantitative estimate of drug-likeness (QED) is 0.393. The smallest absolute Gasteiger partial charge is 0.0615 e. The van der Waals surface area contributed by atoms with Crippen LogP contribution in [-0.2, 0) is 0 Å². The lowest BCUT2D eigenvalue weighted by Crippen LogP contribution is -2.44. The van der Waals surface area contributed by atoms with Gasteiger partial charge in [-0.15, -0.1) is 0 Å². The van der Waals surface area contributed by atoms with Crippen molar-refractivity contribution in [3.63, 3.8) is 0 Å². The standard InChI is InChI=1S/C15H32Si/c1-12(2)10-9-11-16(13(3)4,14(5)6)15(7)8/h10,13-15H,9,11H2,1-8H3. The Morgan fingerprint density at radius 3 is 1.50 bits per heavy atom. The Labute approximate surface area is 105 Å². The van der Waals surface area contributed by atoms with E-state index in [1.54, 1.807) is 0 Å². The van der Waals surface area contributed by atoms with Crippen LogP contribution in [0.4, 0.5) is 0 Å². The minimum absolute atomic E-state index is 0.901. The minimum atomic E-state index is -1.14. The van der Waals surface area contributed by atoms with E-state index in [1.165, 1.54) is 18.0 Å². The summed E-state index contributed by atoms with van der Waals surface area (Å²) < 4.78 is 0. The normalized spacial score (nSPS) is 12.7. The highest BCUT2D eigenvalue weighted by molar-refractivity contribution is 6.83. The molecule has 0 heterocycles. The Balaban J connectivity index is 4.84. The van der Waals surface area contributed by atoms with Gasteiger partial charge >= 0.3 is 0 Å². The van der Waals surface area contributed by atoms with Gasteiger partial charge in [0, 0.05) is 0 Å². The molecule has 0 aromatic rings. The molecule has 0 fully saturated rings. The molecule has 0 saturated carbocycles. The molecule has 0 aliphatic rings. The second kappa shape index (κ2) is 6.63. The van der Waals surface area contributed by atoms with Gasteiger partial charge in [-0.25, -0.2) is 0 Å². The van der Waals surface area contributed by atoms with Crippen LogP contribution in [0, 0.1) is 0 Å². The van der Waals surface area contributed by atoms with Gasteiger partial charge in [-0.1, -0.05) is 75.9 Å². The van der Waals surface area contributed by atoms with Crippen molar-refractivity contribution >= 4 is 8.07 Å². The lowest BCUT2D eigenvalue weighted by molar-refractivity contribution is 0.791. The van der Waals surface area contributed by atoms with Crippen molar-refractivity contribution in [2.45, 2.75) is 84.5 Å². The van der Waals surface area contributed by atoms with Crippen LogP contribution in [0.25, 0.3) is 0 Å². The monoisotopic (exact) mass is 240 g/mol. The number of hydrogen-bond acceptors (Lipinski definition) is 0. The molecule has 0 amide bonds. The highest BCUT2D eigenvalue weighted by Gasteiger charge is 2.41. The second-order valence-corrected chi connectivity index (χ2v) is 12.6. The number of allylic oxidation sites excluding steroid dienone is 2. The Bertz CT molecular complexity index is 198. The van der Waals surface area contributed by atoms with Gasteiger partial charge in [0.1, 0.15) is 0 Å². The predicted molar refractivity (Wildman–Crippen MR) is 79.9 cm³/mol. The third kappa shape index (κ3) is 3.76. The lowest BCUT2D eigenvalue weighted by Gasteiger charge is -2.43. The van der Waals surface area contributed by atoms with Crippen molar-refractivity contribution in [3.8, 4) is 0 Å². The molecule has 1 heteroatoms. The van der Waals surface area contributed by atoms with Crippen LogP contribution in [0.2, 0.25) is 22.7 Å². The van der Waals surface area contributed by atoms with E-state index in [4.69, 9.17) is 0 Å². The summed E-state index contributed by atoms with van der Waals surface area (Å²) in [5.74, 6) is 0. The summed E-state index contributed by atoms with van der Waals surface area (Å²) in [6.07, 6.45) is 3.72. The zero-order chi connectivity index (χ0) is 12.9. The Morgan fingerprint density at radius 1 is 0.875 bits per heavy atom. The Morgan fingerprint density at radius 2 is 1.25 bits per heavy atom. The molecule has 0 aromatic heterocycles. The molecule has 0 unspecified atom stereocenters. The molecule has 0 aliphatic carbocycles. The fourth-order valence-corrected chi connectivity index (χ4v) is 9.85. The summed E-state index contributed by atoms with van der Waals surface area (Å²) in [5, 5.41) is 0. The van der Waals surface area contributed by atoms with Crippen molar-refractivity contribution < 1.29 is 0 Å². The third-order valence-electron chi connectivity index (χ3n) is 4.35. The molecule has 0 spiro atoms.